The van der Waals surface area contributed by atoms with Crippen molar-refractivity contribution in [3.63, 3.8) is 0 Å². The third kappa shape index (κ3) is 3.48. The van der Waals surface area contributed by atoms with Crippen LogP contribution in [0.2, 0.25) is 0 Å². The molecule has 4 rings (SSSR count). The number of imidazole rings is 1. The molecule has 3 heterocycles. The van der Waals surface area contributed by atoms with E-state index in [9.17, 15) is 4.79 Å². The Morgan fingerprint density at radius 2 is 2.24 bits per heavy atom. The molecule has 0 radical (unpaired) electrons. The highest BCUT2D eigenvalue weighted by molar-refractivity contribution is 7.13. The van der Waals surface area contributed by atoms with Crippen LogP contribution in [-0.4, -0.2) is 27.2 Å². The van der Waals surface area contributed by atoms with Gasteiger partial charge in [-0.3, -0.25) is 4.79 Å². The molecule has 25 heavy (non-hydrogen) atoms. The Balaban J connectivity index is 1.34. The van der Waals surface area contributed by atoms with E-state index in [2.05, 4.69) is 15.3 Å². The lowest BCUT2D eigenvalue weighted by Gasteiger charge is -2.06. The van der Waals surface area contributed by atoms with Gasteiger partial charge in [0.2, 0.25) is 12.7 Å². The number of fused-ring (bicyclic) bond motifs is 1. The molecule has 128 valence electrons. The normalized spacial score (nSPS) is 12.4. The highest BCUT2D eigenvalue weighted by Crippen LogP contribution is 2.32. The van der Waals surface area contributed by atoms with Gasteiger partial charge in [0.25, 0.3) is 0 Å². The molecule has 0 fully saturated rings. The fraction of sp³-hybridized carbons (Fsp3) is 0.235. The van der Waals surface area contributed by atoms with E-state index in [0.717, 1.165) is 27.7 Å². The number of hydrogen-bond donors (Lipinski definition) is 1. The SMILES string of the molecule is Cc1csc(-c2cn(CC(=O)NCc3ccc4c(c3)OCO4)cn2)n1. The fourth-order valence-corrected chi connectivity index (χ4v) is 3.26. The number of carbonyl (C=O) groups is 1. The third-order valence-electron chi connectivity index (χ3n) is 3.72. The Kier molecular flexibility index (Phi) is 4.10. The molecule has 1 aliphatic heterocycles. The zero-order chi connectivity index (χ0) is 17.2. The topological polar surface area (TPSA) is 78.3 Å². The zero-order valence-electron chi connectivity index (χ0n) is 13.6. The number of aryl methyl sites for hydroxylation is 1. The number of thiazole rings is 1. The lowest BCUT2D eigenvalue weighted by atomic mass is 10.2. The van der Waals surface area contributed by atoms with Gasteiger partial charge in [0.15, 0.2) is 11.5 Å². The first kappa shape index (κ1) is 15.6. The Morgan fingerprint density at radius 3 is 3.08 bits per heavy atom. The van der Waals surface area contributed by atoms with Crippen molar-refractivity contribution in [2.45, 2.75) is 20.0 Å². The van der Waals surface area contributed by atoms with Crippen LogP contribution in [-0.2, 0) is 17.9 Å². The number of rotatable bonds is 5. The van der Waals surface area contributed by atoms with Crippen LogP contribution in [0.1, 0.15) is 11.3 Å². The number of carbonyl (C=O) groups excluding carboxylic acids is 1. The summed E-state index contributed by atoms with van der Waals surface area (Å²) in [5.41, 5.74) is 2.71. The predicted octanol–water partition coefficient (Wildman–Crippen LogP) is 2.36. The molecule has 1 aliphatic rings. The molecule has 1 aromatic carbocycles. The Labute approximate surface area is 148 Å². The number of nitrogens with one attached hydrogen (secondary N) is 1. The summed E-state index contributed by atoms with van der Waals surface area (Å²) >= 11 is 1.54. The summed E-state index contributed by atoms with van der Waals surface area (Å²) in [6.45, 7) is 2.83. The summed E-state index contributed by atoms with van der Waals surface area (Å²) in [7, 11) is 0. The molecule has 0 atom stereocenters. The van der Waals surface area contributed by atoms with E-state index in [1.165, 1.54) is 0 Å². The Bertz CT molecular complexity index is 918. The first-order valence-corrected chi connectivity index (χ1v) is 8.65. The smallest absolute Gasteiger partial charge is 0.240 e. The Morgan fingerprint density at radius 1 is 1.36 bits per heavy atom. The maximum Gasteiger partial charge on any atom is 0.240 e. The average Bonchev–Trinajstić information content (AvgIpc) is 3.32. The van der Waals surface area contributed by atoms with Gasteiger partial charge in [0.05, 0.1) is 6.33 Å². The number of aromatic nitrogens is 3. The van der Waals surface area contributed by atoms with E-state index >= 15 is 0 Å². The van der Waals surface area contributed by atoms with Gasteiger partial charge in [-0.15, -0.1) is 11.3 Å². The van der Waals surface area contributed by atoms with E-state index in [1.807, 2.05) is 36.7 Å². The summed E-state index contributed by atoms with van der Waals surface area (Å²) in [4.78, 5) is 20.8. The van der Waals surface area contributed by atoms with E-state index in [0.29, 0.717) is 12.3 Å². The van der Waals surface area contributed by atoms with Crippen molar-refractivity contribution < 1.29 is 14.3 Å². The lowest BCUT2D eigenvalue weighted by Crippen LogP contribution is -2.26. The van der Waals surface area contributed by atoms with Crippen molar-refractivity contribution >= 4 is 17.2 Å². The fourth-order valence-electron chi connectivity index (χ4n) is 2.50. The molecular weight excluding hydrogens is 340 g/mol. The summed E-state index contributed by atoms with van der Waals surface area (Å²) in [5.74, 6) is 1.36. The van der Waals surface area contributed by atoms with Gasteiger partial charge in [0.1, 0.15) is 17.2 Å². The van der Waals surface area contributed by atoms with Gasteiger partial charge < -0.3 is 19.4 Å². The van der Waals surface area contributed by atoms with Crippen LogP contribution in [0.4, 0.5) is 0 Å². The molecule has 1 amide bonds. The second kappa shape index (κ2) is 6.56. The van der Waals surface area contributed by atoms with Crippen molar-refractivity contribution in [3.05, 3.63) is 47.4 Å². The standard InChI is InChI=1S/C17H16N4O3S/c1-11-8-25-17(20-11)13-6-21(9-19-13)7-16(22)18-5-12-2-3-14-15(4-12)24-10-23-14/h2-4,6,8-9H,5,7,10H2,1H3,(H,18,22). The first-order chi connectivity index (χ1) is 12.2. The van der Waals surface area contributed by atoms with E-state index < -0.39 is 0 Å². The van der Waals surface area contributed by atoms with Crippen molar-refractivity contribution in [1.29, 1.82) is 0 Å². The summed E-state index contributed by atoms with van der Waals surface area (Å²) in [6.07, 6.45) is 3.48. The van der Waals surface area contributed by atoms with Gasteiger partial charge in [-0.05, 0) is 24.6 Å². The molecule has 0 spiro atoms. The van der Waals surface area contributed by atoms with E-state index in [1.54, 1.807) is 22.2 Å². The largest absolute Gasteiger partial charge is 0.454 e. The number of hydrogen-bond acceptors (Lipinski definition) is 6. The van der Waals surface area contributed by atoms with Crippen LogP contribution in [0.3, 0.4) is 0 Å². The third-order valence-corrected chi connectivity index (χ3v) is 4.71. The highest BCUT2D eigenvalue weighted by Gasteiger charge is 2.13. The molecule has 8 heteroatoms. The Hall–Kier alpha value is -2.87. The summed E-state index contributed by atoms with van der Waals surface area (Å²) in [6, 6.07) is 5.64. The lowest BCUT2D eigenvalue weighted by molar-refractivity contribution is -0.121. The van der Waals surface area contributed by atoms with Gasteiger partial charge >= 0.3 is 0 Å². The van der Waals surface area contributed by atoms with Crippen LogP contribution >= 0.6 is 11.3 Å². The molecule has 0 bridgehead atoms. The number of amides is 1. The summed E-state index contributed by atoms with van der Waals surface area (Å²) in [5, 5.41) is 5.73. The van der Waals surface area contributed by atoms with Crippen molar-refractivity contribution in [1.82, 2.24) is 19.9 Å². The predicted molar refractivity (Wildman–Crippen MR) is 92.5 cm³/mol. The zero-order valence-corrected chi connectivity index (χ0v) is 14.4. The van der Waals surface area contributed by atoms with E-state index in [4.69, 9.17) is 9.47 Å². The minimum atomic E-state index is -0.0862. The minimum absolute atomic E-state index is 0.0862. The van der Waals surface area contributed by atoms with Crippen molar-refractivity contribution in [2.24, 2.45) is 0 Å². The highest BCUT2D eigenvalue weighted by atomic mass is 32.1. The minimum Gasteiger partial charge on any atom is -0.454 e. The monoisotopic (exact) mass is 356 g/mol. The summed E-state index contributed by atoms with van der Waals surface area (Å²) < 4.78 is 12.4. The van der Waals surface area contributed by atoms with Crippen LogP contribution in [0.5, 0.6) is 11.5 Å². The second-order valence-corrected chi connectivity index (χ2v) is 6.55. The molecule has 0 unspecified atom stereocenters. The van der Waals surface area contributed by atoms with Gasteiger partial charge in [-0.25, -0.2) is 9.97 Å². The molecule has 0 saturated heterocycles. The molecular formula is C17H16N4O3S. The molecule has 1 N–H and O–H groups in total. The van der Waals surface area contributed by atoms with Crippen LogP contribution in [0.25, 0.3) is 10.7 Å². The molecule has 3 aromatic rings. The molecule has 0 aliphatic carbocycles. The van der Waals surface area contributed by atoms with Crippen molar-refractivity contribution in [3.8, 4) is 22.2 Å². The number of ether oxygens (including phenoxy) is 2. The number of nitrogens with zero attached hydrogens (tertiary/aromatic N) is 3. The van der Waals surface area contributed by atoms with Crippen LogP contribution < -0.4 is 14.8 Å². The van der Waals surface area contributed by atoms with Gasteiger partial charge in [-0.2, -0.15) is 0 Å². The van der Waals surface area contributed by atoms with Crippen LogP contribution in [0, 0.1) is 6.92 Å². The maximum absolute atomic E-state index is 12.1. The van der Waals surface area contributed by atoms with Crippen molar-refractivity contribution in [2.75, 3.05) is 6.79 Å². The molecule has 7 nitrogen and oxygen atoms in total. The molecule has 2 aromatic heterocycles. The second-order valence-electron chi connectivity index (χ2n) is 5.69. The van der Waals surface area contributed by atoms with Crippen LogP contribution in [0.15, 0.2) is 36.1 Å². The number of benzene rings is 1. The first-order valence-electron chi connectivity index (χ1n) is 7.77. The average molecular weight is 356 g/mol. The molecule has 0 saturated carbocycles. The quantitative estimate of drug-likeness (QED) is 0.759. The maximum atomic E-state index is 12.1. The van der Waals surface area contributed by atoms with Gasteiger partial charge in [-0.1, -0.05) is 6.07 Å². The van der Waals surface area contributed by atoms with Gasteiger partial charge in [0, 0.05) is 23.8 Å². The van der Waals surface area contributed by atoms with E-state index in [-0.39, 0.29) is 19.2 Å².